The molecule has 0 aromatic heterocycles. The predicted octanol–water partition coefficient (Wildman–Crippen LogP) is 0.690. The number of nitrogens with one attached hydrogen (secondary N) is 1. The quantitative estimate of drug-likeness (QED) is 0.340. The van der Waals surface area contributed by atoms with Gasteiger partial charge in [0.2, 0.25) is 0 Å². The SMILES string of the molecule is O=NCCCNC=S. The molecule has 0 aliphatic rings. The van der Waals surface area contributed by atoms with Crippen LogP contribution in [0.1, 0.15) is 6.42 Å². The first-order valence-electron chi connectivity index (χ1n) is 2.38. The second kappa shape index (κ2) is 6.49. The predicted molar refractivity (Wildman–Crippen MR) is 36.9 cm³/mol. The molecule has 46 valence electrons. The molecule has 8 heavy (non-hydrogen) atoms. The fraction of sp³-hybridized carbons (Fsp3) is 0.750. The molecule has 0 rings (SSSR count). The lowest BCUT2D eigenvalue weighted by Gasteiger charge is -1.91. The van der Waals surface area contributed by atoms with E-state index in [1.54, 1.807) is 0 Å². The smallest absolute Gasteiger partial charge is 0.0827 e. The first kappa shape index (κ1) is 7.49. The zero-order valence-corrected chi connectivity index (χ0v) is 5.28. The number of hydrogen-bond acceptors (Lipinski definition) is 3. The van der Waals surface area contributed by atoms with Gasteiger partial charge in [0.25, 0.3) is 0 Å². The molecule has 0 radical (unpaired) electrons. The second-order valence-corrected chi connectivity index (χ2v) is 1.51. The molecule has 1 N–H and O–H groups in total. The summed E-state index contributed by atoms with van der Waals surface area (Å²) in [6.07, 6.45) is 0.761. The van der Waals surface area contributed by atoms with Crippen molar-refractivity contribution < 1.29 is 0 Å². The summed E-state index contributed by atoms with van der Waals surface area (Å²) in [4.78, 5) is 9.45. The van der Waals surface area contributed by atoms with Gasteiger partial charge in [0.05, 0.1) is 12.0 Å². The highest BCUT2D eigenvalue weighted by Crippen LogP contribution is 1.74. The molecule has 0 fully saturated rings. The number of thiocarbonyl (C=S) groups is 1. The molecular formula is C4H8N2OS. The third kappa shape index (κ3) is 5.49. The Bertz CT molecular complexity index is 66.4. The zero-order chi connectivity index (χ0) is 6.24. The lowest BCUT2D eigenvalue weighted by molar-refractivity contribution is 0.793. The van der Waals surface area contributed by atoms with Gasteiger partial charge in [-0.05, 0) is 6.42 Å². The Morgan fingerprint density at radius 3 is 3.00 bits per heavy atom. The van der Waals surface area contributed by atoms with Crippen molar-refractivity contribution in [3.8, 4) is 0 Å². The van der Waals surface area contributed by atoms with Crippen molar-refractivity contribution in [2.45, 2.75) is 6.42 Å². The summed E-state index contributed by atoms with van der Waals surface area (Å²) < 4.78 is 0. The van der Waals surface area contributed by atoms with Crippen molar-refractivity contribution in [2.75, 3.05) is 13.1 Å². The van der Waals surface area contributed by atoms with Gasteiger partial charge in [-0.2, -0.15) is 4.91 Å². The maximum Gasteiger partial charge on any atom is 0.0827 e. The summed E-state index contributed by atoms with van der Waals surface area (Å²) in [6.45, 7) is 1.12. The normalized spacial score (nSPS) is 8.00. The maximum absolute atomic E-state index is 9.45. The molecular weight excluding hydrogens is 124 g/mol. The van der Waals surface area contributed by atoms with Gasteiger partial charge in [0.1, 0.15) is 0 Å². The Hall–Kier alpha value is -0.510. The third-order valence-electron chi connectivity index (χ3n) is 0.654. The summed E-state index contributed by atoms with van der Waals surface area (Å²) in [5.74, 6) is 0. The van der Waals surface area contributed by atoms with E-state index in [2.05, 4.69) is 22.7 Å². The second-order valence-electron chi connectivity index (χ2n) is 1.28. The Labute approximate surface area is 53.4 Å². The standard InChI is InChI=1S/C4H8N2OS/c7-6-3-1-2-5-4-8/h4H,1-3H2,(H,5,8). The lowest BCUT2D eigenvalue weighted by Crippen LogP contribution is -2.11. The molecule has 0 unspecified atom stereocenters. The molecule has 0 spiro atoms. The summed E-state index contributed by atoms with van der Waals surface area (Å²) in [6, 6.07) is 0. The Morgan fingerprint density at radius 2 is 2.50 bits per heavy atom. The zero-order valence-electron chi connectivity index (χ0n) is 4.46. The molecule has 0 heterocycles. The molecule has 0 saturated heterocycles. The van der Waals surface area contributed by atoms with E-state index < -0.39 is 0 Å². The van der Waals surface area contributed by atoms with Crippen molar-refractivity contribution >= 4 is 17.7 Å². The number of nitrogens with zero attached hydrogens (tertiary/aromatic N) is 1. The van der Waals surface area contributed by atoms with E-state index in [9.17, 15) is 4.91 Å². The minimum Gasteiger partial charge on any atom is -0.382 e. The van der Waals surface area contributed by atoms with Crippen LogP contribution in [-0.2, 0) is 0 Å². The number of rotatable bonds is 5. The van der Waals surface area contributed by atoms with Crippen LogP contribution in [0.25, 0.3) is 0 Å². The molecule has 0 aromatic carbocycles. The molecule has 0 amide bonds. The highest BCUT2D eigenvalue weighted by Gasteiger charge is 1.80. The first-order valence-corrected chi connectivity index (χ1v) is 2.85. The van der Waals surface area contributed by atoms with Crippen LogP contribution in [0.15, 0.2) is 5.18 Å². The molecule has 0 atom stereocenters. The van der Waals surface area contributed by atoms with Gasteiger partial charge < -0.3 is 5.32 Å². The number of nitroso groups, excluding NO2 is 1. The average Bonchev–Trinajstić information content (AvgIpc) is 1.81. The highest BCUT2D eigenvalue weighted by molar-refractivity contribution is 7.78. The van der Waals surface area contributed by atoms with Crippen LogP contribution in [-0.4, -0.2) is 18.6 Å². The molecule has 3 nitrogen and oxygen atoms in total. The van der Waals surface area contributed by atoms with E-state index in [0.717, 1.165) is 13.0 Å². The molecule has 0 aliphatic heterocycles. The highest BCUT2D eigenvalue weighted by atomic mass is 32.1. The van der Waals surface area contributed by atoms with Crippen molar-refractivity contribution in [1.29, 1.82) is 0 Å². The van der Waals surface area contributed by atoms with Crippen LogP contribution >= 0.6 is 12.2 Å². The topological polar surface area (TPSA) is 41.5 Å². The first-order chi connectivity index (χ1) is 3.91. The molecule has 0 bridgehead atoms. The molecule has 4 heteroatoms. The van der Waals surface area contributed by atoms with Crippen molar-refractivity contribution in [1.82, 2.24) is 5.32 Å². The van der Waals surface area contributed by atoms with Gasteiger partial charge >= 0.3 is 0 Å². The van der Waals surface area contributed by atoms with Crippen molar-refractivity contribution in [3.05, 3.63) is 4.91 Å². The van der Waals surface area contributed by atoms with Crippen molar-refractivity contribution in [2.24, 2.45) is 5.18 Å². The summed E-state index contributed by atoms with van der Waals surface area (Å²) in [5.41, 5.74) is 1.44. The monoisotopic (exact) mass is 132 g/mol. The van der Waals surface area contributed by atoms with Crippen LogP contribution in [0, 0.1) is 4.91 Å². The van der Waals surface area contributed by atoms with Gasteiger partial charge in [0.15, 0.2) is 0 Å². The van der Waals surface area contributed by atoms with E-state index >= 15 is 0 Å². The van der Waals surface area contributed by atoms with Crippen molar-refractivity contribution in [3.63, 3.8) is 0 Å². The van der Waals surface area contributed by atoms with Gasteiger partial charge in [-0.15, -0.1) is 0 Å². The maximum atomic E-state index is 9.45. The largest absolute Gasteiger partial charge is 0.382 e. The van der Waals surface area contributed by atoms with Gasteiger partial charge in [-0.25, -0.2) is 0 Å². The fourth-order valence-corrected chi connectivity index (χ4v) is 0.422. The van der Waals surface area contributed by atoms with Crippen LogP contribution in [0.2, 0.25) is 0 Å². The van der Waals surface area contributed by atoms with Gasteiger partial charge in [0, 0.05) is 6.54 Å². The average molecular weight is 132 g/mol. The summed E-state index contributed by atoms with van der Waals surface area (Å²) in [5, 5.41) is 5.44. The molecule has 0 aliphatic carbocycles. The summed E-state index contributed by atoms with van der Waals surface area (Å²) in [7, 11) is 0. The minimum absolute atomic E-state index is 0.371. The van der Waals surface area contributed by atoms with Crippen LogP contribution < -0.4 is 5.32 Å². The van der Waals surface area contributed by atoms with Crippen LogP contribution in [0.4, 0.5) is 0 Å². The molecule has 0 saturated carbocycles. The third-order valence-corrected chi connectivity index (χ3v) is 0.821. The van der Waals surface area contributed by atoms with E-state index in [1.165, 1.54) is 5.49 Å². The van der Waals surface area contributed by atoms with Crippen LogP contribution in [0.3, 0.4) is 0 Å². The Kier molecular flexibility index (Phi) is 6.08. The minimum atomic E-state index is 0.371. The van der Waals surface area contributed by atoms with Crippen LogP contribution in [0.5, 0.6) is 0 Å². The van der Waals surface area contributed by atoms with E-state index in [4.69, 9.17) is 0 Å². The van der Waals surface area contributed by atoms with E-state index in [0.29, 0.717) is 6.54 Å². The van der Waals surface area contributed by atoms with Gasteiger partial charge in [-0.3, -0.25) is 0 Å². The van der Waals surface area contributed by atoms with Gasteiger partial charge in [-0.1, -0.05) is 17.4 Å². The Balaban J connectivity index is 2.71. The fourth-order valence-electron chi connectivity index (χ4n) is 0.305. The summed E-state index contributed by atoms with van der Waals surface area (Å²) >= 11 is 4.46. The molecule has 0 aromatic rings. The van der Waals surface area contributed by atoms with E-state index in [-0.39, 0.29) is 0 Å². The van der Waals surface area contributed by atoms with E-state index in [1.807, 2.05) is 0 Å². The lowest BCUT2D eigenvalue weighted by atomic mass is 10.4. The Morgan fingerprint density at radius 1 is 1.75 bits per heavy atom. The number of hydrogen-bond donors (Lipinski definition) is 1.